The second kappa shape index (κ2) is 5.40. The Morgan fingerprint density at radius 2 is 1.96 bits per heavy atom. The predicted octanol–water partition coefficient (Wildman–Crippen LogP) is 4.43. The molecule has 0 N–H and O–H groups in total. The summed E-state index contributed by atoms with van der Waals surface area (Å²) < 4.78 is 54.6. The number of aliphatic imine (C=N–C) groups is 1. The summed E-state index contributed by atoms with van der Waals surface area (Å²) in [5, 5.41) is 0.576. The van der Waals surface area contributed by atoms with E-state index in [1.54, 1.807) is 25.1 Å². The number of benzene rings is 1. The number of aromatic nitrogens is 2. The second-order valence-corrected chi connectivity index (χ2v) is 6.07. The zero-order valence-corrected chi connectivity index (χ0v) is 13.2. The number of hydrogen-bond donors (Lipinski definition) is 0. The van der Waals surface area contributed by atoms with Crippen molar-refractivity contribution in [1.82, 2.24) is 9.55 Å². The Hall–Kier alpha value is -2.70. The van der Waals surface area contributed by atoms with Crippen LogP contribution >= 0.6 is 0 Å². The summed E-state index contributed by atoms with van der Waals surface area (Å²) in [6.07, 6.45) is -2.97. The van der Waals surface area contributed by atoms with Crippen LogP contribution < -0.4 is 0 Å². The van der Waals surface area contributed by atoms with E-state index in [9.17, 15) is 17.6 Å². The van der Waals surface area contributed by atoms with E-state index >= 15 is 0 Å². The van der Waals surface area contributed by atoms with Crippen LogP contribution in [0.5, 0.6) is 0 Å². The van der Waals surface area contributed by atoms with Crippen LogP contribution in [-0.2, 0) is 12.7 Å². The fourth-order valence-corrected chi connectivity index (χ4v) is 3.19. The highest BCUT2D eigenvalue weighted by molar-refractivity contribution is 6.13. The van der Waals surface area contributed by atoms with Gasteiger partial charge < -0.3 is 4.57 Å². The topological polar surface area (TPSA) is 30.2 Å². The highest BCUT2D eigenvalue weighted by Gasteiger charge is 2.37. The first kappa shape index (κ1) is 15.8. The lowest BCUT2D eigenvalue weighted by atomic mass is 10.0. The van der Waals surface area contributed by atoms with Crippen molar-refractivity contribution in [1.29, 1.82) is 0 Å². The number of fused-ring (bicyclic) bond motifs is 2. The van der Waals surface area contributed by atoms with E-state index in [-0.39, 0.29) is 18.1 Å². The van der Waals surface area contributed by atoms with Crippen LogP contribution in [0.3, 0.4) is 0 Å². The van der Waals surface area contributed by atoms with E-state index in [0.717, 1.165) is 6.07 Å². The molecule has 1 aliphatic heterocycles. The van der Waals surface area contributed by atoms with Crippen molar-refractivity contribution in [3.8, 4) is 0 Å². The van der Waals surface area contributed by atoms with Gasteiger partial charge in [-0.15, -0.1) is 0 Å². The maximum Gasteiger partial charge on any atom is 0.431 e. The third-order valence-electron chi connectivity index (χ3n) is 4.25. The first-order chi connectivity index (χ1) is 11.8. The molecule has 1 atom stereocenters. The molecule has 0 saturated heterocycles. The van der Waals surface area contributed by atoms with Gasteiger partial charge in [0.05, 0.1) is 17.4 Å². The number of hydrogen-bond acceptors (Lipinski definition) is 2. The number of halogens is 4. The lowest BCUT2D eigenvalue weighted by Crippen LogP contribution is -2.28. The molecule has 25 heavy (non-hydrogen) atoms. The van der Waals surface area contributed by atoms with Crippen LogP contribution in [-0.4, -0.2) is 21.3 Å². The van der Waals surface area contributed by atoms with Gasteiger partial charge in [0, 0.05) is 23.7 Å². The lowest BCUT2D eigenvalue weighted by molar-refractivity contribution is -0.143. The molecule has 3 heterocycles. The number of rotatable bonds is 1. The van der Waals surface area contributed by atoms with E-state index in [1.165, 1.54) is 22.9 Å². The minimum atomic E-state index is -4.43. The van der Waals surface area contributed by atoms with E-state index < -0.39 is 17.7 Å². The molecule has 1 unspecified atom stereocenters. The summed E-state index contributed by atoms with van der Waals surface area (Å²) in [6, 6.07) is 8.48. The van der Waals surface area contributed by atoms with Gasteiger partial charge in [0.15, 0.2) is 0 Å². The van der Waals surface area contributed by atoms with Crippen LogP contribution in [0, 0.1) is 5.82 Å². The molecule has 3 aromatic rings. The zero-order chi connectivity index (χ0) is 17.8. The van der Waals surface area contributed by atoms with Crippen molar-refractivity contribution in [2.75, 3.05) is 0 Å². The van der Waals surface area contributed by atoms with Crippen molar-refractivity contribution in [3.05, 3.63) is 65.4 Å². The summed E-state index contributed by atoms with van der Waals surface area (Å²) in [5.41, 5.74) is 0.928. The quantitative estimate of drug-likeness (QED) is 0.599. The SMILES string of the molecule is CC1Cn2c(ccc2C(F)(F)F)C(c2cnc3c(F)cccc3c2)=N1. The molecule has 0 aliphatic carbocycles. The predicted molar refractivity (Wildman–Crippen MR) is 86.2 cm³/mol. The number of alkyl halides is 3. The molecule has 128 valence electrons. The van der Waals surface area contributed by atoms with Gasteiger partial charge in [-0.3, -0.25) is 9.98 Å². The van der Waals surface area contributed by atoms with E-state index in [1.807, 2.05) is 0 Å². The lowest BCUT2D eigenvalue weighted by Gasteiger charge is -2.24. The van der Waals surface area contributed by atoms with Gasteiger partial charge >= 0.3 is 6.18 Å². The third-order valence-corrected chi connectivity index (χ3v) is 4.25. The standard InChI is InChI=1S/C18H13F4N3/c1-10-9-25-14(5-6-15(25)18(20,21)22)17(24-10)12-7-11-3-2-4-13(19)16(11)23-8-12/h2-8,10H,9H2,1H3. The second-order valence-electron chi connectivity index (χ2n) is 6.07. The average Bonchev–Trinajstić information content (AvgIpc) is 2.98. The van der Waals surface area contributed by atoms with Gasteiger partial charge in [-0.2, -0.15) is 13.2 Å². The first-order valence-electron chi connectivity index (χ1n) is 7.74. The van der Waals surface area contributed by atoms with E-state index in [2.05, 4.69) is 9.98 Å². The molecule has 1 aromatic carbocycles. The van der Waals surface area contributed by atoms with E-state index in [4.69, 9.17) is 0 Å². The summed E-state index contributed by atoms with van der Waals surface area (Å²) >= 11 is 0. The van der Waals surface area contributed by atoms with Crippen LogP contribution in [0.15, 0.2) is 47.6 Å². The molecular weight excluding hydrogens is 334 g/mol. The molecule has 0 saturated carbocycles. The minimum Gasteiger partial charge on any atom is -0.334 e. The molecule has 4 rings (SSSR count). The first-order valence-corrected chi connectivity index (χ1v) is 7.74. The fraction of sp³-hybridized carbons (Fsp3) is 0.222. The Balaban J connectivity index is 1.88. The van der Waals surface area contributed by atoms with Crippen molar-refractivity contribution < 1.29 is 17.6 Å². The van der Waals surface area contributed by atoms with Gasteiger partial charge in [-0.1, -0.05) is 12.1 Å². The van der Waals surface area contributed by atoms with Gasteiger partial charge in [0.2, 0.25) is 0 Å². The molecule has 0 bridgehead atoms. The smallest absolute Gasteiger partial charge is 0.334 e. The number of nitrogens with zero attached hydrogens (tertiary/aromatic N) is 3. The van der Waals surface area contributed by atoms with Crippen molar-refractivity contribution in [2.24, 2.45) is 4.99 Å². The van der Waals surface area contributed by atoms with Gasteiger partial charge in [-0.05, 0) is 31.2 Å². The van der Waals surface area contributed by atoms with E-state index in [0.29, 0.717) is 22.4 Å². The van der Waals surface area contributed by atoms with Crippen LogP contribution in [0.4, 0.5) is 17.6 Å². The normalized spacial score (nSPS) is 17.5. The van der Waals surface area contributed by atoms with Crippen molar-refractivity contribution >= 4 is 16.6 Å². The zero-order valence-electron chi connectivity index (χ0n) is 13.2. The average molecular weight is 347 g/mol. The molecule has 0 spiro atoms. The van der Waals surface area contributed by atoms with Gasteiger partial charge in [0.25, 0.3) is 0 Å². The highest BCUT2D eigenvalue weighted by Crippen LogP contribution is 2.33. The molecular formula is C18H13F4N3. The van der Waals surface area contributed by atoms with Crippen LogP contribution in [0.1, 0.15) is 23.9 Å². The van der Waals surface area contributed by atoms with Crippen molar-refractivity contribution in [3.63, 3.8) is 0 Å². The minimum absolute atomic E-state index is 0.163. The molecule has 0 amide bonds. The Kier molecular flexibility index (Phi) is 3.42. The Morgan fingerprint density at radius 1 is 1.16 bits per heavy atom. The molecule has 7 heteroatoms. The summed E-state index contributed by atoms with van der Waals surface area (Å²) in [5.74, 6) is -0.439. The van der Waals surface area contributed by atoms with Crippen LogP contribution in [0.25, 0.3) is 10.9 Å². The molecule has 3 nitrogen and oxygen atoms in total. The molecule has 0 fully saturated rings. The number of pyridine rings is 1. The molecule has 0 radical (unpaired) electrons. The fourth-order valence-electron chi connectivity index (χ4n) is 3.19. The molecule has 1 aliphatic rings. The third kappa shape index (κ3) is 2.59. The summed E-state index contributed by atoms with van der Waals surface area (Å²) in [4.78, 5) is 8.64. The van der Waals surface area contributed by atoms with Gasteiger partial charge in [-0.25, -0.2) is 4.39 Å². The summed E-state index contributed by atoms with van der Waals surface area (Å²) in [7, 11) is 0. The Labute approximate surface area is 140 Å². The monoisotopic (exact) mass is 347 g/mol. The molecule has 2 aromatic heterocycles. The summed E-state index contributed by atoms with van der Waals surface area (Å²) in [6.45, 7) is 1.92. The largest absolute Gasteiger partial charge is 0.431 e. The highest BCUT2D eigenvalue weighted by atomic mass is 19.4. The Morgan fingerprint density at radius 3 is 2.72 bits per heavy atom. The Bertz CT molecular complexity index is 1000. The number of para-hydroxylation sites is 1. The van der Waals surface area contributed by atoms with Crippen molar-refractivity contribution in [2.45, 2.75) is 25.7 Å². The maximum atomic E-state index is 13.8. The van der Waals surface area contributed by atoms with Gasteiger partial charge in [0.1, 0.15) is 17.0 Å². The maximum absolute atomic E-state index is 13.8. The van der Waals surface area contributed by atoms with Crippen LogP contribution in [0.2, 0.25) is 0 Å².